The van der Waals surface area contributed by atoms with Crippen LogP contribution in [-0.4, -0.2) is 40.5 Å². The molecule has 5 heteroatoms. The molecular weight excluding hydrogens is 256 g/mol. The first-order valence-corrected chi connectivity index (χ1v) is 6.72. The molecule has 0 bridgehead atoms. The van der Waals surface area contributed by atoms with E-state index in [9.17, 15) is 9.59 Å². The number of rotatable bonds is 5. The van der Waals surface area contributed by atoms with Gasteiger partial charge in [-0.1, -0.05) is 13.8 Å². The molecule has 108 valence electrons. The number of carbonyl (C=O) groups excluding carboxylic acids is 1. The van der Waals surface area contributed by atoms with Gasteiger partial charge in [0.15, 0.2) is 0 Å². The van der Waals surface area contributed by atoms with E-state index in [2.05, 4.69) is 4.98 Å². The quantitative estimate of drug-likeness (QED) is 0.883. The summed E-state index contributed by atoms with van der Waals surface area (Å²) in [5, 5.41) is 9.12. The number of hydrogen-bond donors (Lipinski definition) is 1. The van der Waals surface area contributed by atoms with Crippen LogP contribution in [0.1, 0.15) is 19.4 Å². The fraction of sp³-hybridized carbons (Fsp3) is 0.533. The minimum absolute atomic E-state index is 0.0727. The van der Waals surface area contributed by atoms with Gasteiger partial charge in [0.25, 0.3) is 0 Å². The fourth-order valence-electron chi connectivity index (χ4n) is 2.75. The van der Waals surface area contributed by atoms with Gasteiger partial charge in [-0.15, -0.1) is 0 Å². The summed E-state index contributed by atoms with van der Waals surface area (Å²) in [5.41, 5.74) is 0.679. The van der Waals surface area contributed by atoms with Gasteiger partial charge in [-0.3, -0.25) is 14.6 Å². The molecule has 2 rings (SSSR count). The number of amides is 1. The molecule has 1 fully saturated rings. The Balaban J connectivity index is 1.92. The number of likely N-dealkylation sites (N-methyl/N-ethyl adjacent to an activating group) is 1. The van der Waals surface area contributed by atoms with E-state index in [1.54, 1.807) is 24.3 Å². The van der Waals surface area contributed by atoms with Crippen molar-refractivity contribution in [1.82, 2.24) is 9.88 Å². The predicted molar refractivity (Wildman–Crippen MR) is 74.0 cm³/mol. The third kappa shape index (κ3) is 2.66. The Morgan fingerprint density at radius 1 is 1.30 bits per heavy atom. The van der Waals surface area contributed by atoms with E-state index < -0.39 is 23.2 Å². The summed E-state index contributed by atoms with van der Waals surface area (Å²) in [4.78, 5) is 29.0. The Kier molecular flexibility index (Phi) is 3.79. The Bertz CT molecular complexity index is 513. The standard InChI is InChI=1S/C15H20N2O3/c1-15(2)11(12(15)14(19)20)13(18)17(3)9-6-10-4-7-16-8-5-10/h4-5,7-8,11-12H,6,9H2,1-3H3,(H,19,20). The first-order valence-electron chi connectivity index (χ1n) is 6.72. The van der Waals surface area contributed by atoms with E-state index in [1.165, 1.54) is 0 Å². The molecule has 1 aliphatic carbocycles. The van der Waals surface area contributed by atoms with Crippen molar-refractivity contribution >= 4 is 11.9 Å². The maximum atomic E-state index is 12.3. The number of carboxylic acids is 1. The third-order valence-electron chi connectivity index (χ3n) is 4.22. The molecule has 20 heavy (non-hydrogen) atoms. The summed E-state index contributed by atoms with van der Waals surface area (Å²) in [7, 11) is 1.73. The van der Waals surface area contributed by atoms with Crippen LogP contribution in [0.25, 0.3) is 0 Å². The molecule has 1 N–H and O–H groups in total. The highest BCUT2D eigenvalue weighted by Gasteiger charge is 2.66. The molecule has 0 aromatic carbocycles. The van der Waals surface area contributed by atoms with Crippen LogP contribution < -0.4 is 0 Å². The summed E-state index contributed by atoms with van der Waals surface area (Å²) < 4.78 is 0. The molecule has 1 heterocycles. The maximum absolute atomic E-state index is 12.3. The maximum Gasteiger partial charge on any atom is 0.307 e. The van der Waals surface area contributed by atoms with Crippen LogP contribution in [-0.2, 0) is 16.0 Å². The summed E-state index contributed by atoms with van der Waals surface area (Å²) in [5.74, 6) is -1.91. The number of carbonyl (C=O) groups is 2. The van der Waals surface area contributed by atoms with Crippen molar-refractivity contribution in [1.29, 1.82) is 0 Å². The van der Waals surface area contributed by atoms with Gasteiger partial charge >= 0.3 is 5.97 Å². The zero-order valence-electron chi connectivity index (χ0n) is 12.0. The highest BCUT2D eigenvalue weighted by Crippen LogP contribution is 2.58. The van der Waals surface area contributed by atoms with Gasteiger partial charge < -0.3 is 10.0 Å². The Morgan fingerprint density at radius 3 is 2.40 bits per heavy atom. The third-order valence-corrected chi connectivity index (χ3v) is 4.22. The topological polar surface area (TPSA) is 70.5 Å². The monoisotopic (exact) mass is 276 g/mol. The number of nitrogens with zero attached hydrogens (tertiary/aromatic N) is 2. The van der Waals surface area contributed by atoms with Gasteiger partial charge in [0.05, 0.1) is 11.8 Å². The highest BCUT2D eigenvalue weighted by molar-refractivity contribution is 5.91. The molecule has 1 amide bonds. The van der Waals surface area contributed by atoms with Gasteiger partial charge in [-0.25, -0.2) is 0 Å². The lowest BCUT2D eigenvalue weighted by Gasteiger charge is -2.18. The molecule has 1 saturated carbocycles. The summed E-state index contributed by atoms with van der Waals surface area (Å²) in [6.07, 6.45) is 4.19. The van der Waals surface area contributed by atoms with Crippen LogP contribution in [0, 0.1) is 17.3 Å². The van der Waals surface area contributed by atoms with E-state index in [0.717, 1.165) is 12.0 Å². The minimum Gasteiger partial charge on any atom is -0.481 e. The molecule has 0 radical (unpaired) electrons. The van der Waals surface area contributed by atoms with Crippen molar-refractivity contribution in [3.8, 4) is 0 Å². The molecule has 0 spiro atoms. The molecule has 5 nitrogen and oxygen atoms in total. The average Bonchev–Trinajstić information content (AvgIpc) is 2.99. The first-order chi connectivity index (χ1) is 9.35. The second kappa shape index (κ2) is 5.23. The molecule has 1 aliphatic rings. The lowest BCUT2D eigenvalue weighted by atomic mass is 10.1. The fourth-order valence-corrected chi connectivity index (χ4v) is 2.75. The summed E-state index contributed by atoms with van der Waals surface area (Å²) in [6, 6.07) is 3.83. The first kappa shape index (κ1) is 14.5. The predicted octanol–water partition coefficient (Wildman–Crippen LogP) is 1.44. The van der Waals surface area contributed by atoms with Crippen LogP contribution in [0.5, 0.6) is 0 Å². The molecular formula is C15H20N2O3. The average molecular weight is 276 g/mol. The van der Waals surface area contributed by atoms with Gasteiger partial charge in [0.2, 0.25) is 5.91 Å². The van der Waals surface area contributed by atoms with Crippen molar-refractivity contribution in [2.45, 2.75) is 20.3 Å². The molecule has 0 saturated heterocycles. The van der Waals surface area contributed by atoms with Crippen LogP contribution in [0.15, 0.2) is 24.5 Å². The zero-order valence-corrected chi connectivity index (χ0v) is 12.0. The normalized spacial score (nSPS) is 23.1. The molecule has 2 atom stereocenters. The molecule has 0 aliphatic heterocycles. The second-order valence-corrected chi connectivity index (χ2v) is 5.98. The SMILES string of the molecule is CN(CCc1ccncc1)C(=O)C1C(C(=O)O)C1(C)C. The van der Waals surface area contributed by atoms with Crippen LogP contribution >= 0.6 is 0 Å². The number of pyridine rings is 1. The van der Waals surface area contributed by atoms with Gasteiger partial charge in [0, 0.05) is 26.0 Å². The van der Waals surface area contributed by atoms with Crippen molar-refractivity contribution in [2.24, 2.45) is 17.3 Å². The lowest BCUT2D eigenvalue weighted by Crippen LogP contribution is -2.31. The Labute approximate surface area is 118 Å². The van der Waals surface area contributed by atoms with E-state index in [4.69, 9.17) is 5.11 Å². The number of carboxylic acid groups (broad SMARTS) is 1. The molecule has 1 aromatic rings. The molecule has 1 aromatic heterocycles. The largest absolute Gasteiger partial charge is 0.481 e. The second-order valence-electron chi connectivity index (χ2n) is 5.98. The van der Waals surface area contributed by atoms with Gasteiger partial charge in [-0.2, -0.15) is 0 Å². The highest BCUT2D eigenvalue weighted by atomic mass is 16.4. The Hall–Kier alpha value is -1.91. The van der Waals surface area contributed by atoms with E-state index >= 15 is 0 Å². The Morgan fingerprint density at radius 2 is 1.90 bits per heavy atom. The summed E-state index contributed by atoms with van der Waals surface area (Å²) >= 11 is 0. The lowest BCUT2D eigenvalue weighted by molar-refractivity contribution is -0.141. The minimum atomic E-state index is -0.879. The van der Waals surface area contributed by atoms with E-state index in [-0.39, 0.29) is 5.91 Å². The van der Waals surface area contributed by atoms with E-state index in [1.807, 2.05) is 26.0 Å². The van der Waals surface area contributed by atoms with Crippen molar-refractivity contribution in [3.63, 3.8) is 0 Å². The van der Waals surface area contributed by atoms with Gasteiger partial charge in [0.1, 0.15) is 0 Å². The molecule has 2 unspecified atom stereocenters. The van der Waals surface area contributed by atoms with Crippen molar-refractivity contribution in [3.05, 3.63) is 30.1 Å². The van der Waals surface area contributed by atoms with Crippen LogP contribution in [0.4, 0.5) is 0 Å². The van der Waals surface area contributed by atoms with Crippen LogP contribution in [0.2, 0.25) is 0 Å². The van der Waals surface area contributed by atoms with Gasteiger partial charge in [-0.05, 0) is 29.5 Å². The number of aliphatic carboxylic acids is 1. The van der Waals surface area contributed by atoms with E-state index in [0.29, 0.717) is 6.54 Å². The van der Waals surface area contributed by atoms with Crippen molar-refractivity contribution in [2.75, 3.05) is 13.6 Å². The smallest absolute Gasteiger partial charge is 0.307 e. The zero-order chi connectivity index (χ0) is 14.9. The van der Waals surface area contributed by atoms with Crippen molar-refractivity contribution < 1.29 is 14.7 Å². The number of aromatic nitrogens is 1. The van der Waals surface area contributed by atoms with Crippen LogP contribution in [0.3, 0.4) is 0 Å². The summed E-state index contributed by atoms with van der Waals surface area (Å²) in [6.45, 7) is 4.26. The number of hydrogen-bond acceptors (Lipinski definition) is 3.